The third-order valence-corrected chi connectivity index (χ3v) is 8.27. The van der Waals surface area contributed by atoms with Gasteiger partial charge in [-0.1, -0.05) is 12.7 Å². The van der Waals surface area contributed by atoms with Gasteiger partial charge in [-0.15, -0.1) is 0 Å². The number of hydrogen-bond donors (Lipinski definition) is 3. The number of anilines is 3. The Hall–Kier alpha value is -5.84. The van der Waals surface area contributed by atoms with Crippen molar-refractivity contribution in [3.05, 3.63) is 60.3 Å². The number of esters is 1. The van der Waals surface area contributed by atoms with E-state index < -0.39 is 30.2 Å². The SMILES string of the molecule is C=CCOC(=O)N1c2cc(OCCCC(=O)Nc3cn(C)c(C(=O)Nc4cc(C(=O)OC)n(C)c4)n3)c(OC)cc2C(=O)N2CCC[C@H]2C1O. The first-order valence-electron chi connectivity index (χ1n) is 15.8. The fourth-order valence-electron chi connectivity index (χ4n) is 5.91. The average molecular weight is 694 g/mol. The lowest BCUT2D eigenvalue weighted by Gasteiger charge is -2.31. The highest BCUT2D eigenvalue weighted by atomic mass is 16.6. The summed E-state index contributed by atoms with van der Waals surface area (Å²) in [5, 5.41) is 16.6. The summed E-state index contributed by atoms with van der Waals surface area (Å²) in [5.74, 6) is -1.26. The van der Waals surface area contributed by atoms with E-state index in [0.717, 1.165) is 4.90 Å². The monoisotopic (exact) mass is 693 g/mol. The smallest absolute Gasteiger partial charge is 0.416 e. The predicted molar refractivity (Wildman–Crippen MR) is 178 cm³/mol. The summed E-state index contributed by atoms with van der Waals surface area (Å²) in [6.07, 6.45) is 3.69. The summed E-state index contributed by atoms with van der Waals surface area (Å²) in [5.41, 5.74) is 0.859. The number of hydrogen-bond acceptors (Lipinski definition) is 11. The van der Waals surface area contributed by atoms with E-state index in [1.54, 1.807) is 25.2 Å². The summed E-state index contributed by atoms with van der Waals surface area (Å²) in [6, 6.07) is 3.76. The Morgan fingerprint density at radius 1 is 1.08 bits per heavy atom. The number of methoxy groups -OCH3 is 2. The van der Waals surface area contributed by atoms with Gasteiger partial charge in [0.05, 0.1) is 43.8 Å². The molecule has 17 nitrogen and oxygen atoms in total. The average Bonchev–Trinajstić information content (AvgIpc) is 3.82. The number of imidazole rings is 1. The molecule has 1 unspecified atom stereocenters. The number of aromatic nitrogens is 3. The highest BCUT2D eigenvalue weighted by Crippen LogP contribution is 2.41. The van der Waals surface area contributed by atoms with Crippen molar-refractivity contribution in [2.45, 2.75) is 38.0 Å². The lowest BCUT2D eigenvalue weighted by atomic mass is 10.1. The van der Waals surface area contributed by atoms with Crippen LogP contribution >= 0.6 is 0 Å². The van der Waals surface area contributed by atoms with E-state index >= 15 is 0 Å². The second-order valence-corrected chi connectivity index (χ2v) is 11.6. The zero-order valence-electron chi connectivity index (χ0n) is 28.1. The first-order valence-corrected chi connectivity index (χ1v) is 15.8. The number of fused-ring (bicyclic) bond motifs is 2. The first-order chi connectivity index (χ1) is 24.0. The molecule has 17 heteroatoms. The lowest BCUT2D eigenvalue weighted by Crippen LogP contribution is -2.50. The van der Waals surface area contributed by atoms with Crippen LogP contribution in [0.5, 0.6) is 11.5 Å². The maximum Gasteiger partial charge on any atom is 0.416 e. The van der Waals surface area contributed by atoms with Crippen molar-refractivity contribution in [3.8, 4) is 11.5 Å². The Morgan fingerprint density at radius 3 is 2.58 bits per heavy atom. The number of carbonyl (C=O) groups excluding carboxylic acids is 5. The van der Waals surface area contributed by atoms with Crippen molar-refractivity contribution in [3.63, 3.8) is 0 Å². The van der Waals surface area contributed by atoms with Crippen LogP contribution in [0.25, 0.3) is 0 Å². The number of rotatable bonds is 12. The van der Waals surface area contributed by atoms with Crippen LogP contribution < -0.4 is 25.0 Å². The molecule has 2 atom stereocenters. The number of ether oxygens (including phenoxy) is 4. The van der Waals surface area contributed by atoms with Crippen molar-refractivity contribution < 1.29 is 48.0 Å². The molecule has 2 aliphatic heterocycles. The van der Waals surface area contributed by atoms with E-state index in [-0.39, 0.29) is 78.0 Å². The van der Waals surface area contributed by atoms with E-state index in [2.05, 4.69) is 22.2 Å². The number of benzene rings is 1. The molecule has 3 N–H and O–H groups in total. The van der Waals surface area contributed by atoms with Gasteiger partial charge in [0.15, 0.2) is 23.5 Å². The quantitative estimate of drug-likeness (QED) is 0.143. The minimum Gasteiger partial charge on any atom is -0.493 e. The molecule has 2 aliphatic rings. The summed E-state index contributed by atoms with van der Waals surface area (Å²) < 4.78 is 24.4. The molecule has 0 radical (unpaired) electrons. The number of carbonyl (C=O) groups is 5. The second kappa shape index (κ2) is 15.1. The summed E-state index contributed by atoms with van der Waals surface area (Å²) in [7, 11) is 5.91. The Labute approximate surface area is 287 Å². The fraction of sp³-hybridized carbons (Fsp3) is 0.394. The molecule has 0 aliphatic carbocycles. The van der Waals surface area contributed by atoms with Gasteiger partial charge in [0.25, 0.3) is 11.8 Å². The van der Waals surface area contributed by atoms with Gasteiger partial charge in [-0.25, -0.2) is 19.5 Å². The van der Waals surface area contributed by atoms with E-state index in [1.807, 2.05) is 0 Å². The van der Waals surface area contributed by atoms with Crippen LogP contribution in [0.15, 0.2) is 43.2 Å². The molecule has 2 aromatic heterocycles. The first kappa shape index (κ1) is 35.5. The molecule has 5 rings (SSSR count). The van der Waals surface area contributed by atoms with Crippen molar-refractivity contribution in [2.75, 3.05) is 49.5 Å². The number of aliphatic hydroxyl groups excluding tert-OH is 1. The highest BCUT2D eigenvalue weighted by molar-refractivity contribution is 6.06. The Morgan fingerprint density at radius 2 is 1.86 bits per heavy atom. The topological polar surface area (TPSA) is 196 Å². The molecule has 0 spiro atoms. The van der Waals surface area contributed by atoms with Gasteiger partial charge in [0.2, 0.25) is 11.7 Å². The maximum atomic E-state index is 13.5. The maximum absolute atomic E-state index is 13.5. The molecule has 266 valence electrons. The molecular formula is C33H39N7O10. The van der Waals surface area contributed by atoms with Crippen LogP contribution in [0, 0.1) is 0 Å². The van der Waals surface area contributed by atoms with Crippen LogP contribution in [0.1, 0.15) is 57.1 Å². The third-order valence-electron chi connectivity index (χ3n) is 8.27. The molecule has 0 saturated carbocycles. The summed E-state index contributed by atoms with van der Waals surface area (Å²) in [4.78, 5) is 70.9. The van der Waals surface area contributed by atoms with Gasteiger partial charge in [0.1, 0.15) is 12.3 Å². The Balaban J connectivity index is 1.22. The fourth-order valence-corrected chi connectivity index (χ4v) is 5.91. The van der Waals surface area contributed by atoms with Gasteiger partial charge in [-0.05, 0) is 31.4 Å². The second-order valence-electron chi connectivity index (χ2n) is 11.6. The Bertz CT molecular complexity index is 1820. The number of aliphatic hydroxyl groups is 1. The molecule has 1 saturated heterocycles. The van der Waals surface area contributed by atoms with Crippen molar-refractivity contribution in [2.24, 2.45) is 14.1 Å². The standard InChI is InChI=1S/C33H39N7O10/c1-6-12-50-33(46)40-22-16-25(24(47-4)15-20(22)30(43)39-11-7-9-21(39)31(40)44)49-13-8-10-27(41)35-26-18-38(3)28(36-26)29(42)34-19-14-23(32(45)48-5)37(2)17-19/h6,14-18,21,31,44H,1,7-13H2,2-5H3,(H,34,42)(H,35,41)/t21-,31?/m0/s1. The van der Waals surface area contributed by atoms with E-state index in [1.165, 1.54) is 53.8 Å². The zero-order chi connectivity index (χ0) is 36.1. The molecular weight excluding hydrogens is 654 g/mol. The number of aryl methyl sites for hydroxylation is 2. The van der Waals surface area contributed by atoms with E-state index in [4.69, 9.17) is 18.9 Å². The van der Waals surface area contributed by atoms with Crippen molar-refractivity contribution >= 4 is 47.0 Å². The van der Waals surface area contributed by atoms with Gasteiger partial charge in [0, 0.05) is 45.5 Å². The van der Waals surface area contributed by atoms with Crippen LogP contribution in [-0.4, -0.2) is 100 Å². The minimum atomic E-state index is -1.36. The number of amides is 4. The van der Waals surface area contributed by atoms with Gasteiger partial charge < -0.3 is 48.7 Å². The zero-order valence-corrected chi connectivity index (χ0v) is 28.1. The molecule has 0 bridgehead atoms. The molecule has 3 aromatic rings. The highest BCUT2D eigenvalue weighted by Gasteiger charge is 2.45. The largest absolute Gasteiger partial charge is 0.493 e. The lowest BCUT2D eigenvalue weighted by molar-refractivity contribution is -0.116. The van der Waals surface area contributed by atoms with Gasteiger partial charge in [-0.2, -0.15) is 0 Å². The van der Waals surface area contributed by atoms with Crippen LogP contribution in [0.4, 0.5) is 22.0 Å². The molecule has 1 aromatic carbocycles. The normalized spacial score (nSPS) is 16.5. The number of nitrogens with one attached hydrogen (secondary N) is 2. The van der Waals surface area contributed by atoms with E-state index in [9.17, 15) is 29.1 Å². The molecule has 1 fully saturated rings. The molecule has 50 heavy (non-hydrogen) atoms. The van der Waals surface area contributed by atoms with E-state index in [0.29, 0.717) is 25.1 Å². The van der Waals surface area contributed by atoms with Gasteiger partial charge in [-0.3, -0.25) is 14.4 Å². The Kier molecular flexibility index (Phi) is 10.7. The van der Waals surface area contributed by atoms with Crippen LogP contribution in [-0.2, 0) is 28.4 Å². The molecule has 4 amide bonds. The third kappa shape index (κ3) is 7.26. The van der Waals surface area contributed by atoms with Crippen LogP contribution in [0.3, 0.4) is 0 Å². The minimum absolute atomic E-state index is 0.0221. The van der Waals surface area contributed by atoms with Crippen molar-refractivity contribution in [1.29, 1.82) is 0 Å². The number of nitrogens with zero attached hydrogens (tertiary/aromatic N) is 5. The van der Waals surface area contributed by atoms with Gasteiger partial charge >= 0.3 is 12.1 Å². The van der Waals surface area contributed by atoms with Crippen LogP contribution in [0.2, 0.25) is 0 Å². The summed E-state index contributed by atoms with van der Waals surface area (Å²) in [6.45, 7) is 3.94. The predicted octanol–water partition coefficient (Wildman–Crippen LogP) is 2.67. The van der Waals surface area contributed by atoms with Crippen molar-refractivity contribution in [1.82, 2.24) is 19.0 Å². The molecule has 4 heterocycles. The summed E-state index contributed by atoms with van der Waals surface area (Å²) >= 11 is 0.